The van der Waals surface area contributed by atoms with Gasteiger partial charge in [0, 0.05) is 5.39 Å². The molecule has 0 aliphatic rings. The molecule has 0 spiro atoms. The second kappa shape index (κ2) is 6.44. The molecule has 0 saturated heterocycles. The van der Waals surface area contributed by atoms with Crippen molar-refractivity contribution < 1.29 is 19.0 Å². The Bertz CT molecular complexity index is 836. The molecule has 1 atom stereocenters. The molecule has 3 aromatic rings. The Hall–Kier alpha value is -2.95. The van der Waals surface area contributed by atoms with E-state index in [1.165, 1.54) is 6.07 Å². The number of aromatic carboxylic acids is 1. The number of aromatic nitrogens is 1. The summed E-state index contributed by atoms with van der Waals surface area (Å²) in [5.74, 6) is -0.559. The normalized spacial score (nSPS) is 12.0. The minimum absolute atomic E-state index is 0.0148. The highest BCUT2D eigenvalue weighted by atomic mass is 19.1. The number of halogens is 1. The number of pyridine rings is 1. The van der Waals surface area contributed by atoms with Crippen LogP contribution in [0.5, 0.6) is 5.75 Å². The molecule has 2 aromatic carbocycles. The van der Waals surface area contributed by atoms with Crippen molar-refractivity contribution >= 4 is 16.9 Å². The summed E-state index contributed by atoms with van der Waals surface area (Å²) in [6, 6.07) is 16.9. The van der Waals surface area contributed by atoms with Crippen molar-refractivity contribution in [2.75, 3.05) is 6.61 Å². The molecule has 0 radical (unpaired) electrons. The van der Waals surface area contributed by atoms with Crippen LogP contribution in [0, 0.1) is 0 Å². The minimum Gasteiger partial charge on any atom is -0.490 e. The summed E-state index contributed by atoms with van der Waals surface area (Å²) in [6.07, 6.45) is -1.21. The number of carbonyl (C=O) groups is 1. The average molecular weight is 311 g/mol. The SMILES string of the molecule is O=C(O)c1ccc2cc(OCC(F)c3ccccc3)ccc2n1. The maximum absolute atomic E-state index is 14.1. The van der Waals surface area contributed by atoms with Crippen LogP contribution < -0.4 is 4.74 Å². The van der Waals surface area contributed by atoms with Crippen LogP contribution in [-0.2, 0) is 0 Å². The quantitative estimate of drug-likeness (QED) is 0.773. The molecule has 1 N–H and O–H groups in total. The topological polar surface area (TPSA) is 59.4 Å². The number of hydrogen-bond donors (Lipinski definition) is 1. The van der Waals surface area contributed by atoms with E-state index in [-0.39, 0.29) is 12.3 Å². The minimum atomic E-state index is -1.21. The van der Waals surface area contributed by atoms with Crippen LogP contribution >= 0.6 is 0 Å². The predicted molar refractivity (Wildman–Crippen MR) is 84.5 cm³/mol. The number of rotatable bonds is 5. The van der Waals surface area contributed by atoms with Gasteiger partial charge in [-0.3, -0.25) is 0 Å². The molecule has 0 amide bonds. The van der Waals surface area contributed by atoms with Crippen molar-refractivity contribution in [2.45, 2.75) is 6.17 Å². The van der Waals surface area contributed by atoms with Crippen LogP contribution in [0.4, 0.5) is 4.39 Å². The van der Waals surface area contributed by atoms with E-state index >= 15 is 0 Å². The van der Waals surface area contributed by atoms with E-state index in [0.717, 1.165) is 5.39 Å². The van der Waals surface area contributed by atoms with E-state index in [9.17, 15) is 9.18 Å². The van der Waals surface area contributed by atoms with Gasteiger partial charge in [-0.05, 0) is 29.8 Å². The first-order valence-corrected chi connectivity index (χ1v) is 7.09. The Morgan fingerprint density at radius 1 is 1.13 bits per heavy atom. The summed E-state index contributed by atoms with van der Waals surface area (Å²) < 4.78 is 19.6. The second-order valence-corrected chi connectivity index (χ2v) is 5.05. The van der Waals surface area contributed by atoms with Crippen LogP contribution in [0.15, 0.2) is 60.7 Å². The van der Waals surface area contributed by atoms with Gasteiger partial charge in [0.25, 0.3) is 0 Å². The fraction of sp³-hybridized carbons (Fsp3) is 0.111. The largest absolute Gasteiger partial charge is 0.490 e. The van der Waals surface area contributed by atoms with Crippen molar-refractivity contribution in [2.24, 2.45) is 0 Å². The van der Waals surface area contributed by atoms with Gasteiger partial charge >= 0.3 is 5.97 Å². The molecule has 0 aliphatic carbocycles. The first kappa shape index (κ1) is 15.0. The molecule has 0 bridgehead atoms. The highest BCUT2D eigenvalue weighted by Gasteiger charge is 2.11. The van der Waals surface area contributed by atoms with Gasteiger partial charge in [0.05, 0.1) is 5.52 Å². The highest BCUT2D eigenvalue weighted by Crippen LogP contribution is 2.23. The van der Waals surface area contributed by atoms with Crippen LogP contribution in [0.25, 0.3) is 10.9 Å². The number of carboxylic acids is 1. The average Bonchev–Trinajstić information content (AvgIpc) is 2.59. The van der Waals surface area contributed by atoms with Crippen LogP contribution in [0.3, 0.4) is 0 Å². The molecule has 23 heavy (non-hydrogen) atoms. The van der Waals surface area contributed by atoms with Gasteiger partial charge in [-0.15, -0.1) is 0 Å². The Balaban J connectivity index is 1.73. The van der Waals surface area contributed by atoms with Gasteiger partial charge < -0.3 is 9.84 Å². The van der Waals surface area contributed by atoms with Crippen molar-refractivity contribution in [1.82, 2.24) is 4.98 Å². The van der Waals surface area contributed by atoms with Gasteiger partial charge in [-0.25, -0.2) is 14.2 Å². The lowest BCUT2D eigenvalue weighted by Gasteiger charge is -2.11. The summed E-state index contributed by atoms with van der Waals surface area (Å²) in [5, 5.41) is 9.66. The molecule has 0 fully saturated rings. The van der Waals surface area contributed by atoms with Gasteiger partial charge in [-0.2, -0.15) is 0 Å². The maximum Gasteiger partial charge on any atom is 0.354 e. The monoisotopic (exact) mass is 311 g/mol. The van der Waals surface area contributed by atoms with E-state index in [2.05, 4.69) is 4.98 Å². The number of ether oxygens (including phenoxy) is 1. The highest BCUT2D eigenvalue weighted by molar-refractivity contribution is 5.90. The molecular weight excluding hydrogens is 297 g/mol. The predicted octanol–water partition coefficient (Wildman–Crippen LogP) is 4.02. The standard InChI is InChI=1S/C18H14FNO3/c19-15(12-4-2-1-3-5-12)11-23-14-7-9-16-13(10-14)6-8-17(20-16)18(21)22/h1-10,15H,11H2,(H,21,22). The molecule has 1 unspecified atom stereocenters. The van der Waals surface area contributed by atoms with Crippen molar-refractivity contribution in [3.05, 3.63) is 71.9 Å². The lowest BCUT2D eigenvalue weighted by molar-refractivity contribution is 0.0691. The molecule has 0 aliphatic heterocycles. The first-order chi connectivity index (χ1) is 11.1. The summed E-state index contributed by atoms with van der Waals surface area (Å²) in [7, 11) is 0. The summed E-state index contributed by atoms with van der Waals surface area (Å²) in [6.45, 7) is -0.0871. The van der Waals surface area contributed by atoms with Crippen LogP contribution in [0.2, 0.25) is 0 Å². The molecule has 1 aromatic heterocycles. The Morgan fingerprint density at radius 2 is 1.91 bits per heavy atom. The lowest BCUT2D eigenvalue weighted by Crippen LogP contribution is -2.06. The van der Waals surface area contributed by atoms with Gasteiger partial charge in [0.15, 0.2) is 6.17 Å². The zero-order chi connectivity index (χ0) is 16.2. The Morgan fingerprint density at radius 3 is 2.65 bits per heavy atom. The summed E-state index contributed by atoms with van der Waals surface area (Å²) in [5.41, 5.74) is 1.11. The third-order valence-electron chi connectivity index (χ3n) is 3.44. The van der Waals surface area contributed by atoms with Gasteiger partial charge in [0.2, 0.25) is 0 Å². The number of benzene rings is 2. The van der Waals surface area contributed by atoms with Crippen molar-refractivity contribution in [3.63, 3.8) is 0 Å². The van der Waals surface area contributed by atoms with Gasteiger partial charge in [0.1, 0.15) is 18.1 Å². The Labute approximate surface area is 132 Å². The van der Waals surface area contributed by atoms with E-state index in [4.69, 9.17) is 9.84 Å². The number of hydrogen-bond acceptors (Lipinski definition) is 3. The number of alkyl halides is 1. The lowest BCUT2D eigenvalue weighted by atomic mass is 10.1. The number of carboxylic acid groups (broad SMARTS) is 1. The number of fused-ring (bicyclic) bond motifs is 1. The zero-order valence-electron chi connectivity index (χ0n) is 12.1. The van der Waals surface area contributed by atoms with Crippen molar-refractivity contribution in [3.8, 4) is 5.75 Å². The van der Waals surface area contributed by atoms with Crippen molar-refractivity contribution in [1.29, 1.82) is 0 Å². The van der Waals surface area contributed by atoms with E-state index in [1.807, 2.05) is 6.07 Å². The third kappa shape index (κ3) is 3.45. The first-order valence-electron chi connectivity index (χ1n) is 7.09. The van der Waals surface area contributed by atoms with E-state index in [1.54, 1.807) is 48.5 Å². The summed E-state index contributed by atoms with van der Waals surface area (Å²) in [4.78, 5) is 14.9. The molecule has 1 heterocycles. The van der Waals surface area contributed by atoms with E-state index < -0.39 is 12.1 Å². The molecule has 116 valence electrons. The molecule has 3 rings (SSSR count). The molecule has 0 saturated carbocycles. The van der Waals surface area contributed by atoms with Gasteiger partial charge in [-0.1, -0.05) is 36.4 Å². The van der Waals surface area contributed by atoms with Crippen LogP contribution in [-0.4, -0.2) is 22.7 Å². The molecular formula is C18H14FNO3. The molecule has 4 nitrogen and oxygen atoms in total. The van der Waals surface area contributed by atoms with Crippen LogP contribution in [0.1, 0.15) is 22.2 Å². The fourth-order valence-corrected chi connectivity index (χ4v) is 2.24. The second-order valence-electron chi connectivity index (χ2n) is 5.05. The Kier molecular flexibility index (Phi) is 4.19. The third-order valence-corrected chi connectivity index (χ3v) is 3.44. The number of nitrogens with zero attached hydrogens (tertiary/aromatic N) is 1. The zero-order valence-corrected chi connectivity index (χ0v) is 12.1. The maximum atomic E-state index is 14.1. The fourth-order valence-electron chi connectivity index (χ4n) is 2.24. The molecule has 5 heteroatoms. The summed E-state index contributed by atoms with van der Waals surface area (Å²) >= 11 is 0. The van der Waals surface area contributed by atoms with E-state index in [0.29, 0.717) is 16.8 Å². The smallest absolute Gasteiger partial charge is 0.354 e.